The van der Waals surface area contributed by atoms with Crippen LogP contribution in [0.2, 0.25) is 0 Å². The van der Waals surface area contributed by atoms with Crippen molar-refractivity contribution in [3.05, 3.63) is 29.8 Å². The Hall–Kier alpha value is -1.51. The Kier molecular flexibility index (Phi) is 4.83. The fourth-order valence-corrected chi connectivity index (χ4v) is 2.81. The van der Waals surface area contributed by atoms with Gasteiger partial charge >= 0.3 is 0 Å². The number of benzene rings is 1. The number of carbonyl (C=O) groups excluding carboxylic acids is 1. The lowest BCUT2D eigenvalue weighted by molar-refractivity contribution is 0.0678. The van der Waals surface area contributed by atoms with Crippen LogP contribution in [-0.4, -0.2) is 30.4 Å². The molecule has 0 aromatic heterocycles. The number of nitrogens with zero attached hydrogens (tertiary/aromatic N) is 1. The van der Waals surface area contributed by atoms with Crippen molar-refractivity contribution in [1.29, 1.82) is 0 Å². The van der Waals surface area contributed by atoms with Crippen molar-refractivity contribution in [2.45, 2.75) is 45.1 Å². The number of carbonyl (C=O) groups is 1. The second kappa shape index (κ2) is 6.60. The summed E-state index contributed by atoms with van der Waals surface area (Å²) in [4.78, 5) is 14.7. The minimum atomic E-state index is 0.191. The molecule has 0 saturated carbocycles. The van der Waals surface area contributed by atoms with E-state index in [4.69, 9.17) is 0 Å². The van der Waals surface area contributed by atoms with Gasteiger partial charge in [0.05, 0.1) is 0 Å². The molecule has 1 aromatic carbocycles. The Morgan fingerprint density at radius 3 is 2.63 bits per heavy atom. The van der Waals surface area contributed by atoms with Crippen molar-refractivity contribution in [2.75, 3.05) is 18.9 Å². The minimum Gasteiger partial charge on any atom is -0.388 e. The fourth-order valence-electron chi connectivity index (χ4n) is 2.81. The van der Waals surface area contributed by atoms with Gasteiger partial charge in [-0.15, -0.1) is 0 Å². The highest BCUT2D eigenvalue weighted by atomic mass is 16.2. The summed E-state index contributed by atoms with van der Waals surface area (Å²) in [5.41, 5.74) is 1.85. The normalized spacial score (nSPS) is 19.9. The van der Waals surface area contributed by atoms with Crippen LogP contribution in [0.1, 0.15) is 49.4 Å². The highest BCUT2D eigenvalue weighted by molar-refractivity contribution is 5.94. The molecule has 1 N–H and O–H groups in total. The molecule has 1 aromatic rings. The SMILES string of the molecule is CCC1CCCCCN1C(=O)c1ccc(NC)cc1. The topological polar surface area (TPSA) is 32.3 Å². The Morgan fingerprint density at radius 1 is 1.26 bits per heavy atom. The molecule has 1 heterocycles. The first kappa shape index (κ1) is 13.9. The average molecular weight is 260 g/mol. The molecule has 3 heteroatoms. The summed E-state index contributed by atoms with van der Waals surface area (Å²) in [6.07, 6.45) is 5.84. The second-order valence-electron chi connectivity index (χ2n) is 5.24. The summed E-state index contributed by atoms with van der Waals surface area (Å²) < 4.78 is 0. The van der Waals surface area contributed by atoms with Crippen LogP contribution in [0.5, 0.6) is 0 Å². The average Bonchev–Trinajstić information content (AvgIpc) is 2.71. The van der Waals surface area contributed by atoms with Gasteiger partial charge in [0.25, 0.3) is 5.91 Å². The predicted molar refractivity (Wildman–Crippen MR) is 79.6 cm³/mol. The Labute approximate surface area is 116 Å². The van der Waals surface area contributed by atoms with E-state index in [2.05, 4.69) is 17.1 Å². The lowest BCUT2D eigenvalue weighted by Crippen LogP contribution is -2.39. The van der Waals surface area contributed by atoms with Crippen molar-refractivity contribution in [2.24, 2.45) is 0 Å². The predicted octanol–water partition coefficient (Wildman–Crippen LogP) is 3.52. The van der Waals surface area contributed by atoms with Crippen molar-refractivity contribution in [1.82, 2.24) is 4.90 Å². The van der Waals surface area contributed by atoms with Crippen molar-refractivity contribution in [3.63, 3.8) is 0 Å². The van der Waals surface area contributed by atoms with Gasteiger partial charge in [0.1, 0.15) is 0 Å². The van der Waals surface area contributed by atoms with E-state index in [9.17, 15) is 4.79 Å². The first-order chi connectivity index (χ1) is 9.26. The highest BCUT2D eigenvalue weighted by Crippen LogP contribution is 2.22. The number of rotatable bonds is 3. The zero-order valence-electron chi connectivity index (χ0n) is 12.0. The molecule has 104 valence electrons. The highest BCUT2D eigenvalue weighted by Gasteiger charge is 2.24. The maximum atomic E-state index is 12.6. The molecule has 0 bridgehead atoms. The van der Waals surface area contributed by atoms with Gasteiger partial charge in [0, 0.05) is 30.9 Å². The second-order valence-corrected chi connectivity index (χ2v) is 5.24. The van der Waals surface area contributed by atoms with Gasteiger partial charge in [-0.25, -0.2) is 0 Å². The summed E-state index contributed by atoms with van der Waals surface area (Å²) in [6, 6.07) is 8.19. The Bertz CT molecular complexity index is 413. The molecule has 1 saturated heterocycles. The van der Waals surface area contributed by atoms with Gasteiger partial charge in [0.15, 0.2) is 0 Å². The smallest absolute Gasteiger partial charge is 0.254 e. The number of likely N-dealkylation sites (tertiary alicyclic amines) is 1. The molecule has 1 aliphatic rings. The van der Waals surface area contributed by atoms with E-state index >= 15 is 0 Å². The van der Waals surface area contributed by atoms with Crippen LogP contribution in [0.25, 0.3) is 0 Å². The molecular formula is C16H24N2O. The van der Waals surface area contributed by atoms with Gasteiger partial charge in [-0.05, 0) is 43.5 Å². The zero-order chi connectivity index (χ0) is 13.7. The molecule has 0 spiro atoms. The van der Waals surface area contributed by atoms with Crippen LogP contribution in [0.4, 0.5) is 5.69 Å². The van der Waals surface area contributed by atoms with Gasteiger partial charge in [0.2, 0.25) is 0 Å². The quantitative estimate of drug-likeness (QED) is 0.901. The molecule has 1 amide bonds. The van der Waals surface area contributed by atoms with E-state index in [-0.39, 0.29) is 5.91 Å². The van der Waals surface area contributed by atoms with E-state index in [0.29, 0.717) is 6.04 Å². The van der Waals surface area contributed by atoms with Crippen LogP contribution in [0, 0.1) is 0 Å². The molecular weight excluding hydrogens is 236 g/mol. The minimum absolute atomic E-state index is 0.191. The first-order valence-corrected chi connectivity index (χ1v) is 7.35. The summed E-state index contributed by atoms with van der Waals surface area (Å²) >= 11 is 0. The molecule has 3 nitrogen and oxygen atoms in total. The number of amides is 1. The Balaban J connectivity index is 2.15. The van der Waals surface area contributed by atoms with Crippen LogP contribution in [-0.2, 0) is 0 Å². The molecule has 1 unspecified atom stereocenters. The third-order valence-electron chi connectivity index (χ3n) is 4.03. The largest absolute Gasteiger partial charge is 0.388 e. The van der Waals surface area contributed by atoms with Crippen LogP contribution < -0.4 is 5.32 Å². The molecule has 0 radical (unpaired) electrons. The Morgan fingerprint density at radius 2 is 2.00 bits per heavy atom. The molecule has 19 heavy (non-hydrogen) atoms. The van der Waals surface area contributed by atoms with Gasteiger partial charge in [-0.1, -0.05) is 19.8 Å². The summed E-state index contributed by atoms with van der Waals surface area (Å²) in [5.74, 6) is 0.191. The molecule has 1 atom stereocenters. The van der Waals surface area contributed by atoms with E-state index in [1.807, 2.05) is 31.3 Å². The summed E-state index contributed by atoms with van der Waals surface area (Å²) in [7, 11) is 1.89. The van der Waals surface area contributed by atoms with E-state index in [1.54, 1.807) is 0 Å². The lowest BCUT2D eigenvalue weighted by Gasteiger charge is -2.29. The number of nitrogens with one attached hydrogen (secondary N) is 1. The van der Waals surface area contributed by atoms with E-state index in [0.717, 1.165) is 37.1 Å². The number of hydrogen-bond donors (Lipinski definition) is 1. The maximum absolute atomic E-state index is 12.6. The fraction of sp³-hybridized carbons (Fsp3) is 0.562. The van der Waals surface area contributed by atoms with E-state index < -0.39 is 0 Å². The van der Waals surface area contributed by atoms with Crippen molar-refractivity contribution < 1.29 is 4.79 Å². The molecule has 2 rings (SSSR count). The van der Waals surface area contributed by atoms with Gasteiger partial charge < -0.3 is 10.2 Å². The molecule has 1 fully saturated rings. The van der Waals surface area contributed by atoms with E-state index in [1.165, 1.54) is 12.8 Å². The van der Waals surface area contributed by atoms with Gasteiger partial charge in [-0.2, -0.15) is 0 Å². The number of anilines is 1. The van der Waals surface area contributed by atoms with Crippen LogP contribution in [0.3, 0.4) is 0 Å². The third-order valence-corrected chi connectivity index (χ3v) is 4.03. The van der Waals surface area contributed by atoms with Crippen molar-refractivity contribution in [3.8, 4) is 0 Å². The molecule has 0 aliphatic carbocycles. The number of hydrogen-bond acceptors (Lipinski definition) is 2. The first-order valence-electron chi connectivity index (χ1n) is 7.35. The summed E-state index contributed by atoms with van der Waals surface area (Å²) in [6.45, 7) is 3.09. The molecule has 1 aliphatic heterocycles. The third kappa shape index (κ3) is 3.28. The monoisotopic (exact) mass is 260 g/mol. The standard InChI is InChI=1S/C16H24N2O/c1-3-15-7-5-4-6-12-18(15)16(19)13-8-10-14(17-2)11-9-13/h8-11,15,17H,3-7,12H2,1-2H3. The van der Waals surface area contributed by atoms with Crippen molar-refractivity contribution >= 4 is 11.6 Å². The maximum Gasteiger partial charge on any atom is 0.254 e. The van der Waals surface area contributed by atoms with Crippen LogP contribution in [0.15, 0.2) is 24.3 Å². The lowest BCUT2D eigenvalue weighted by atomic mass is 10.1. The zero-order valence-corrected chi connectivity index (χ0v) is 12.0. The summed E-state index contributed by atoms with van der Waals surface area (Å²) in [5, 5.41) is 3.08. The van der Waals surface area contributed by atoms with Gasteiger partial charge in [-0.3, -0.25) is 4.79 Å². The van der Waals surface area contributed by atoms with Crippen LogP contribution >= 0.6 is 0 Å².